The number of rotatable bonds is 13. The van der Waals surface area contributed by atoms with Gasteiger partial charge in [-0.15, -0.1) is 0 Å². The first-order valence-electron chi connectivity index (χ1n) is 14.3. The summed E-state index contributed by atoms with van der Waals surface area (Å²) in [4.78, 5) is 49.6. The third-order valence-corrected chi connectivity index (χ3v) is 6.39. The molecule has 0 aliphatic rings. The summed E-state index contributed by atoms with van der Waals surface area (Å²) in [6.07, 6.45) is -1.29. The van der Waals surface area contributed by atoms with Gasteiger partial charge in [-0.2, -0.15) is 0 Å². The second kappa shape index (κ2) is 15.8. The highest BCUT2D eigenvalue weighted by Gasteiger charge is 2.36. The van der Waals surface area contributed by atoms with E-state index in [0.717, 1.165) is 6.42 Å². The van der Waals surface area contributed by atoms with Crippen molar-refractivity contribution in [3.63, 3.8) is 0 Å². The first-order valence-corrected chi connectivity index (χ1v) is 14.3. The number of carbonyl (C=O) groups excluding carboxylic acids is 3. The number of ether oxygens (including phenoxy) is 5. The largest absolute Gasteiger partial charge is 0.513 e. The number of benzene rings is 1. The molecule has 0 amide bonds. The minimum absolute atomic E-state index is 0.0538. The van der Waals surface area contributed by atoms with Crippen LogP contribution in [0.3, 0.4) is 0 Å². The van der Waals surface area contributed by atoms with E-state index in [1.165, 1.54) is 18.2 Å². The van der Waals surface area contributed by atoms with Gasteiger partial charge in [-0.1, -0.05) is 74.8 Å². The standard InChI is InChI=1S/C31H49NO10/c1-11-12-18(2)27(35)40-20(4)19(3)24(25(32)26(33)34)21-13-14-22(41-28(36)38-16-30(5,6)7)23(15-21)42-29(37)39-17-31(8,9)10/h13-15,18-20,24-25H,11-12,16-17,32H2,1-10H3,(H,33,34)/t18?,19?,20?,24?,25-/m0/s1. The van der Waals surface area contributed by atoms with E-state index in [0.29, 0.717) is 12.0 Å². The summed E-state index contributed by atoms with van der Waals surface area (Å²) in [5.74, 6) is -3.78. The molecule has 5 atom stereocenters. The summed E-state index contributed by atoms with van der Waals surface area (Å²) >= 11 is 0. The number of aliphatic carboxylic acids is 1. The first kappa shape index (κ1) is 36.7. The van der Waals surface area contributed by atoms with E-state index in [1.54, 1.807) is 20.8 Å². The molecule has 4 unspecified atom stereocenters. The third-order valence-electron chi connectivity index (χ3n) is 6.39. The van der Waals surface area contributed by atoms with Gasteiger partial charge in [0.25, 0.3) is 0 Å². The normalized spacial score (nSPS) is 15.4. The van der Waals surface area contributed by atoms with Crippen molar-refractivity contribution in [3.8, 4) is 11.5 Å². The molecule has 0 fully saturated rings. The van der Waals surface area contributed by atoms with E-state index in [9.17, 15) is 24.3 Å². The lowest BCUT2D eigenvalue weighted by Crippen LogP contribution is -2.43. The highest BCUT2D eigenvalue weighted by atomic mass is 16.7. The second-order valence-corrected chi connectivity index (χ2v) is 13.2. The highest BCUT2D eigenvalue weighted by Crippen LogP contribution is 2.37. The van der Waals surface area contributed by atoms with Crippen molar-refractivity contribution < 1.29 is 48.0 Å². The van der Waals surface area contributed by atoms with Gasteiger partial charge >= 0.3 is 24.2 Å². The minimum atomic E-state index is -1.40. The molecule has 3 N–H and O–H groups in total. The molecule has 1 aromatic carbocycles. The topological polar surface area (TPSA) is 161 Å². The number of carbonyl (C=O) groups is 4. The van der Waals surface area contributed by atoms with E-state index in [-0.39, 0.29) is 47.4 Å². The van der Waals surface area contributed by atoms with Gasteiger partial charge in [0, 0.05) is 11.8 Å². The summed E-state index contributed by atoms with van der Waals surface area (Å²) in [5, 5.41) is 9.82. The average molecular weight is 596 g/mol. The van der Waals surface area contributed by atoms with E-state index in [1.807, 2.05) is 48.5 Å². The highest BCUT2D eigenvalue weighted by molar-refractivity contribution is 5.75. The number of carboxylic acid groups (broad SMARTS) is 1. The minimum Gasteiger partial charge on any atom is -0.480 e. The lowest BCUT2D eigenvalue weighted by Gasteiger charge is -2.32. The molecule has 0 saturated carbocycles. The molecule has 0 heterocycles. The molecule has 0 saturated heterocycles. The van der Waals surface area contributed by atoms with Gasteiger partial charge in [0.15, 0.2) is 11.5 Å². The van der Waals surface area contributed by atoms with Crippen LogP contribution in [0.5, 0.6) is 11.5 Å². The Morgan fingerprint density at radius 2 is 1.36 bits per heavy atom. The molecule has 0 aliphatic carbocycles. The van der Waals surface area contributed by atoms with Crippen LogP contribution in [0.4, 0.5) is 9.59 Å². The van der Waals surface area contributed by atoms with Crippen LogP contribution in [0.2, 0.25) is 0 Å². The van der Waals surface area contributed by atoms with Crippen molar-refractivity contribution in [1.29, 1.82) is 0 Å². The van der Waals surface area contributed by atoms with E-state index >= 15 is 0 Å². The Balaban J connectivity index is 3.44. The monoisotopic (exact) mass is 595 g/mol. The van der Waals surface area contributed by atoms with Crippen LogP contribution in [-0.4, -0.2) is 54.7 Å². The molecule has 0 radical (unpaired) electrons. The third kappa shape index (κ3) is 12.7. The zero-order valence-electron chi connectivity index (χ0n) is 26.6. The van der Waals surface area contributed by atoms with Crippen molar-refractivity contribution in [2.45, 2.75) is 100 Å². The molecule has 1 rings (SSSR count). The summed E-state index contributed by atoms with van der Waals surface area (Å²) in [5.41, 5.74) is 5.84. The Kier molecular flexibility index (Phi) is 13.8. The fraction of sp³-hybridized carbons (Fsp3) is 0.677. The van der Waals surface area contributed by atoms with Gasteiger partial charge in [-0.05, 0) is 41.9 Å². The Morgan fingerprint density at radius 1 is 0.857 bits per heavy atom. The van der Waals surface area contributed by atoms with Crippen LogP contribution < -0.4 is 15.2 Å². The fourth-order valence-electron chi connectivity index (χ4n) is 3.93. The van der Waals surface area contributed by atoms with Crippen molar-refractivity contribution in [2.24, 2.45) is 28.4 Å². The average Bonchev–Trinajstić information content (AvgIpc) is 2.86. The molecule has 0 aliphatic heterocycles. The smallest absolute Gasteiger partial charge is 0.480 e. The van der Waals surface area contributed by atoms with Gasteiger partial charge < -0.3 is 34.5 Å². The number of carboxylic acids is 1. The zero-order chi connectivity index (χ0) is 32.4. The predicted octanol–water partition coefficient (Wildman–Crippen LogP) is 6.31. The molecule has 0 spiro atoms. The Hall–Kier alpha value is -3.34. The maximum Gasteiger partial charge on any atom is 0.513 e. The van der Waals surface area contributed by atoms with Gasteiger partial charge in [-0.3, -0.25) is 9.59 Å². The molecular formula is C31H49NO10. The molecule has 11 nitrogen and oxygen atoms in total. The van der Waals surface area contributed by atoms with Gasteiger partial charge in [0.2, 0.25) is 0 Å². The quantitative estimate of drug-likeness (QED) is 0.149. The summed E-state index contributed by atoms with van der Waals surface area (Å²) in [6.45, 7) is 18.5. The van der Waals surface area contributed by atoms with Gasteiger partial charge in [0.1, 0.15) is 12.1 Å². The number of hydrogen-bond donors (Lipinski definition) is 2. The molecule has 0 aromatic heterocycles. The maximum absolute atomic E-state index is 12.6. The molecular weight excluding hydrogens is 546 g/mol. The van der Waals surface area contributed by atoms with Crippen LogP contribution >= 0.6 is 0 Å². The summed E-state index contributed by atoms with van der Waals surface area (Å²) in [6, 6.07) is 2.83. The lowest BCUT2D eigenvalue weighted by molar-refractivity contribution is -0.155. The molecule has 238 valence electrons. The summed E-state index contributed by atoms with van der Waals surface area (Å²) in [7, 11) is 0. The van der Waals surface area contributed by atoms with Crippen molar-refractivity contribution in [2.75, 3.05) is 13.2 Å². The molecule has 11 heteroatoms. The van der Waals surface area contributed by atoms with Crippen LogP contribution in [0.1, 0.15) is 93.6 Å². The van der Waals surface area contributed by atoms with Crippen LogP contribution in [0, 0.1) is 22.7 Å². The Labute approximate surface area is 249 Å². The zero-order valence-corrected chi connectivity index (χ0v) is 26.6. The van der Waals surface area contributed by atoms with Crippen LogP contribution in [-0.2, 0) is 23.8 Å². The molecule has 0 bridgehead atoms. The fourth-order valence-corrected chi connectivity index (χ4v) is 3.93. The van der Waals surface area contributed by atoms with Crippen molar-refractivity contribution in [1.82, 2.24) is 0 Å². The molecule has 42 heavy (non-hydrogen) atoms. The maximum atomic E-state index is 12.6. The summed E-state index contributed by atoms with van der Waals surface area (Å²) < 4.78 is 26.8. The van der Waals surface area contributed by atoms with Crippen molar-refractivity contribution in [3.05, 3.63) is 23.8 Å². The van der Waals surface area contributed by atoms with Crippen LogP contribution in [0.25, 0.3) is 0 Å². The number of nitrogens with two attached hydrogens (primary N) is 1. The molecule has 1 aromatic rings. The Bertz CT molecular complexity index is 1070. The van der Waals surface area contributed by atoms with Crippen LogP contribution in [0.15, 0.2) is 18.2 Å². The van der Waals surface area contributed by atoms with Gasteiger partial charge in [0.05, 0.1) is 19.1 Å². The second-order valence-electron chi connectivity index (χ2n) is 13.2. The van der Waals surface area contributed by atoms with E-state index in [4.69, 9.17) is 29.4 Å². The predicted molar refractivity (Wildman–Crippen MR) is 156 cm³/mol. The van der Waals surface area contributed by atoms with E-state index < -0.39 is 42.3 Å². The number of hydrogen-bond acceptors (Lipinski definition) is 10. The van der Waals surface area contributed by atoms with Crippen molar-refractivity contribution >= 4 is 24.2 Å². The first-order chi connectivity index (χ1) is 19.3. The van der Waals surface area contributed by atoms with E-state index in [2.05, 4.69) is 0 Å². The van der Waals surface area contributed by atoms with Gasteiger partial charge in [-0.25, -0.2) is 9.59 Å². The SMILES string of the molecule is CCCC(C)C(=O)OC(C)C(C)C(c1ccc(OC(=O)OCC(C)(C)C)c(OC(=O)OCC(C)(C)C)c1)[C@H](N)C(=O)O. The lowest BCUT2D eigenvalue weighted by atomic mass is 9.79. The Morgan fingerprint density at radius 3 is 1.81 bits per heavy atom. The number of esters is 1.